The van der Waals surface area contributed by atoms with Crippen molar-refractivity contribution in [1.82, 2.24) is 15.6 Å². The molecule has 1 amide bonds. The molecule has 1 aromatic carbocycles. The summed E-state index contributed by atoms with van der Waals surface area (Å²) in [5.74, 6) is 1.12. The lowest BCUT2D eigenvalue weighted by atomic mass is 9.81. The number of rotatable bonds is 8. The van der Waals surface area contributed by atoms with Crippen molar-refractivity contribution in [3.05, 3.63) is 59.9 Å². The fraction of sp³-hybridized carbons (Fsp3) is 0.500. The molecule has 0 saturated heterocycles. The first kappa shape index (κ1) is 19.9. The SMILES string of the molecule is O=C(NCCN1CCc2ccccc21)C1CCC(CNCc2cccnc2)CC1. The Morgan fingerprint density at radius 2 is 1.97 bits per heavy atom. The van der Waals surface area contributed by atoms with Gasteiger partial charge in [-0.05, 0) is 67.8 Å². The molecule has 1 saturated carbocycles. The lowest BCUT2D eigenvalue weighted by Gasteiger charge is -2.28. The summed E-state index contributed by atoms with van der Waals surface area (Å²) in [5, 5.41) is 6.73. The van der Waals surface area contributed by atoms with E-state index in [-0.39, 0.29) is 11.8 Å². The molecule has 1 aliphatic heterocycles. The molecule has 0 unspecified atom stereocenters. The summed E-state index contributed by atoms with van der Waals surface area (Å²) in [6.07, 6.45) is 9.13. The maximum atomic E-state index is 12.6. The molecule has 154 valence electrons. The Kier molecular flexibility index (Phi) is 6.78. The number of pyridine rings is 1. The summed E-state index contributed by atoms with van der Waals surface area (Å²) >= 11 is 0. The summed E-state index contributed by atoms with van der Waals surface area (Å²) in [7, 11) is 0. The predicted molar refractivity (Wildman–Crippen MR) is 117 cm³/mol. The van der Waals surface area contributed by atoms with Gasteiger partial charge in [0.15, 0.2) is 0 Å². The van der Waals surface area contributed by atoms with Crippen molar-refractivity contribution in [2.45, 2.75) is 38.6 Å². The molecule has 29 heavy (non-hydrogen) atoms. The minimum Gasteiger partial charge on any atom is -0.369 e. The molecule has 2 N–H and O–H groups in total. The van der Waals surface area contributed by atoms with Crippen LogP contribution in [0.4, 0.5) is 5.69 Å². The maximum absolute atomic E-state index is 12.6. The highest BCUT2D eigenvalue weighted by atomic mass is 16.1. The highest BCUT2D eigenvalue weighted by molar-refractivity contribution is 5.78. The van der Waals surface area contributed by atoms with Crippen LogP contribution in [0.25, 0.3) is 0 Å². The van der Waals surface area contributed by atoms with Crippen molar-refractivity contribution in [3.8, 4) is 0 Å². The Hall–Kier alpha value is -2.40. The number of aromatic nitrogens is 1. The molecule has 0 spiro atoms. The zero-order chi connectivity index (χ0) is 19.9. The molecular weight excluding hydrogens is 360 g/mol. The third kappa shape index (κ3) is 5.36. The molecule has 2 heterocycles. The van der Waals surface area contributed by atoms with E-state index < -0.39 is 0 Å². The van der Waals surface area contributed by atoms with Crippen LogP contribution in [0.1, 0.15) is 36.8 Å². The number of amides is 1. The van der Waals surface area contributed by atoms with Crippen molar-refractivity contribution in [1.29, 1.82) is 0 Å². The van der Waals surface area contributed by atoms with Crippen LogP contribution in [0.2, 0.25) is 0 Å². The number of hydrogen-bond acceptors (Lipinski definition) is 4. The van der Waals surface area contributed by atoms with Crippen LogP contribution in [0.3, 0.4) is 0 Å². The second-order valence-corrected chi connectivity index (χ2v) is 8.37. The smallest absolute Gasteiger partial charge is 0.223 e. The number of fused-ring (bicyclic) bond motifs is 1. The van der Waals surface area contributed by atoms with Crippen LogP contribution in [0, 0.1) is 11.8 Å². The molecule has 0 atom stereocenters. The quantitative estimate of drug-likeness (QED) is 0.725. The molecule has 4 rings (SSSR count). The van der Waals surface area contributed by atoms with Gasteiger partial charge in [0.05, 0.1) is 0 Å². The number of carbonyl (C=O) groups excluding carboxylic acids is 1. The van der Waals surface area contributed by atoms with Crippen LogP contribution < -0.4 is 15.5 Å². The van der Waals surface area contributed by atoms with E-state index in [1.165, 1.54) is 16.8 Å². The van der Waals surface area contributed by atoms with Crippen LogP contribution in [-0.4, -0.2) is 37.1 Å². The van der Waals surface area contributed by atoms with Crippen LogP contribution in [0.15, 0.2) is 48.8 Å². The Morgan fingerprint density at radius 1 is 1.10 bits per heavy atom. The largest absolute Gasteiger partial charge is 0.369 e. The van der Waals surface area contributed by atoms with Crippen molar-refractivity contribution >= 4 is 11.6 Å². The number of para-hydroxylation sites is 1. The standard InChI is InChI=1S/C24H32N4O/c29-24(27-13-15-28-14-11-21-5-1-2-6-23(21)28)22-9-7-19(8-10-22)16-26-18-20-4-3-12-25-17-20/h1-6,12,17,19,22,26H,7-11,13-16,18H2,(H,27,29). The maximum Gasteiger partial charge on any atom is 0.223 e. The first-order chi connectivity index (χ1) is 14.3. The van der Waals surface area contributed by atoms with E-state index in [1.54, 1.807) is 6.20 Å². The Bertz CT molecular complexity index is 786. The fourth-order valence-electron chi connectivity index (χ4n) is 4.65. The molecule has 0 bridgehead atoms. The van der Waals surface area contributed by atoms with Gasteiger partial charge in [-0.25, -0.2) is 0 Å². The summed E-state index contributed by atoms with van der Waals surface area (Å²) < 4.78 is 0. The molecule has 2 aromatic rings. The Balaban J connectivity index is 1.12. The summed E-state index contributed by atoms with van der Waals surface area (Å²) in [6, 6.07) is 12.7. The van der Waals surface area contributed by atoms with Gasteiger partial charge in [0, 0.05) is 50.2 Å². The average Bonchev–Trinajstić information content (AvgIpc) is 3.18. The molecule has 0 radical (unpaired) electrons. The summed E-state index contributed by atoms with van der Waals surface area (Å²) in [4.78, 5) is 19.1. The summed E-state index contributed by atoms with van der Waals surface area (Å²) in [5.41, 5.74) is 3.98. The van der Waals surface area contributed by atoms with Crippen molar-refractivity contribution in [2.75, 3.05) is 31.1 Å². The molecule has 1 aromatic heterocycles. The van der Waals surface area contributed by atoms with E-state index in [2.05, 4.69) is 50.8 Å². The zero-order valence-corrected chi connectivity index (χ0v) is 17.1. The van der Waals surface area contributed by atoms with Gasteiger partial charge in [-0.3, -0.25) is 9.78 Å². The van der Waals surface area contributed by atoms with Gasteiger partial charge in [0.2, 0.25) is 5.91 Å². The van der Waals surface area contributed by atoms with E-state index in [4.69, 9.17) is 0 Å². The Morgan fingerprint density at radius 3 is 2.79 bits per heavy atom. The van der Waals surface area contributed by atoms with Crippen LogP contribution >= 0.6 is 0 Å². The molecule has 1 aliphatic carbocycles. The summed E-state index contributed by atoms with van der Waals surface area (Å²) in [6.45, 7) is 4.59. The normalized spacial score (nSPS) is 21.0. The molecule has 5 heteroatoms. The van der Waals surface area contributed by atoms with Crippen molar-refractivity contribution < 1.29 is 4.79 Å². The van der Waals surface area contributed by atoms with Crippen molar-refractivity contribution in [2.24, 2.45) is 11.8 Å². The average molecular weight is 393 g/mol. The second kappa shape index (κ2) is 9.88. The van der Waals surface area contributed by atoms with E-state index >= 15 is 0 Å². The zero-order valence-electron chi connectivity index (χ0n) is 17.1. The van der Waals surface area contributed by atoms with E-state index in [0.29, 0.717) is 5.92 Å². The van der Waals surface area contributed by atoms with Gasteiger partial charge in [0.25, 0.3) is 0 Å². The lowest BCUT2D eigenvalue weighted by Crippen LogP contribution is -2.39. The monoisotopic (exact) mass is 392 g/mol. The van der Waals surface area contributed by atoms with Crippen LogP contribution in [0.5, 0.6) is 0 Å². The van der Waals surface area contributed by atoms with Gasteiger partial charge in [-0.15, -0.1) is 0 Å². The third-order valence-corrected chi connectivity index (χ3v) is 6.37. The molecule has 5 nitrogen and oxygen atoms in total. The molecule has 2 aliphatic rings. The molecular formula is C24H32N4O. The fourth-order valence-corrected chi connectivity index (χ4v) is 4.65. The number of carbonyl (C=O) groups is 1. The highest BCUT2D eigenvalue weighted by Crippen LogP contribution is 2.29. The predicted octanol–water partition coefficient (Wildman–Crippen LogP) is 3.16. The number of benzene rings is 1. The number of anilines is 1. The lowest BCUT2D eigenvalue weighted by molar-refractivity contribution is -0.126. The van der Waals surface area contributed by atoms with E-state index in [0.717, 1.165) is 64.8 Å². The van der Waals surface area contributed by atoms with Gasteiger partial charge >= 0.3 is 0 Å². The van der Waals surface area contributed by atoms with Crippen LogP contribution in [-0.2, 0) is 17.8 Å². The van der Waals surface area contributed by atoms with Gasteiger partial charge in [0.1, 0.15) is 0 Å². The van der Waals surface area contributed by atoms with Gasteiger partial charge < -0.3 is 15.5 Å². The number of hydrogen-bond donors (Lipinski definition) is 2. The number of nitrogens with zero attached hydrogens (tertiary/aromatic N) is 2. The van der Waals surface area contributed by atoms with Crippen molar-refractivity contribution in [3.63, 3.8) is 0 Å². The second-order valence-electron chi connectivity index (χ2n) is 8.37. The first-order valence-electron chi connectivity index (χ1n) is 11.0. The minimum atomic E-state index is 0.190. The number of nitrogens with one attached hydrogen (secondary N) is 2. The molecule has 1 fully saturated rings. The first-order valence-corrected chi connectivity index (χ1v) is 11.0. The van der Waals surface area contributed by atoms with E-state index in [1.807, 2.05) is 12.3 Å². The highest BCUT2D eigenvalue weighted by Gasteiger charge is 2.26. The Labute approximate surface area is 173 Å². The topological polar surface area (TPSA) is 57.3 Å². The third-order valence-electron chi connectivity index (χ3n) is 6.37. The van der Waals surface area contributed by atoms with Gasteiger partial charge in [-0.2, -0.15) is 0 Å². The van der Waals surface area contributed by atoms with E-state index in [9.17, 15) is 4.79 Å². The van der Waals surface area contributed by atoms with Gasteiger partial charge in [-0.1, -0.05) is 24.3 Å². The minimum absolute atomic E-state index is 0.190.